The number of hydrogen-bond acceptors (Lipinski definition) is 6. The molecule has 2 atom stereocenters. The van der Waals surface area contributed by atoms with Gasteiger partial charge in [-0.05, 0) is 66.6 Å². The van der Waals surface area contributed by atoms with Gasteiger partial charge in [0.25, 0.3) is 15.9 Å². The summed E-state index contributed by atoms with van der Waals surface area (Å²) in [5, 5.41) is 0. The Morgan fingerprint density at radius 3 is 2.39 bits per heavy atom. The van der Waals surface area contributed by atoms with Crippen LogP contribution in [0.4, 0.5) is 5.95 Å². The highest BCUT2D eigenvalue weighted by Gasteiger charge is 2.38. The van der Waals surface area contributed by atoms with Crippen molar-refractivity contribution in [3.05, 3.63) is 101 Å². The quantitative estimate of drug-likeness (QED) is 0.314. The van der Waals surface area contributed by atoms with E-state index in [1.807, 2.05) is 61.2 Å². The first-order valence-corrected chi connectivity index (χ1v) is 15.2. The summed E-state index contributed by atoms with van der Waals surface area (Å²) in [6.45, 7) is 8.52. The topological polar surface area (TPSA) is 101 Å². The third-order valence-corrected chi connectivity index (χ3v) is 9.04. The Labute approximate surface area is 240 Å². The van der Waals surface area contributed by atoms with E-state index in [9.17, 15) is 13.2 Å². The maximum absolute atomic E-state index is 14.1. The number of anilines is 1. The summed E-state index contributed by atoms with van der Waals surface area (Å²) in [5.41, 5.74) is 5.71. The van der Waals surface area contributed by atoms with Crippen molar-refractivity contribution >= 4 is 21.9 Å². The predicted molar refractivity (Wildman–Crippen MR) is 157 cm³/mol. The van der Waals surface area contributed by atoms with Gasteiger partial charge in [0.2, 0.25) is 11.8 Å². The number of aromatic nitrogens is 2. The van der Waals surface area contributed by atoms with Crippen LogP contribution in [-0.2, 0) is 10.0 Å². The van der Waals surface area contributed by atoms with Crippen molar-refractivity contribution in [3.63, 3.8) is 0 Å². The molecule has 0 saturated heterocycles. The molecule has 210 valence electrons. The predicted octanol–water partition coefficient (Wildman–Crippen LogP) is 6.24. The van der Waals surface area contributed by atoms with Crippen molar-refractivity contribution < 1.29 is 17.9 Å². The van der Waals surface area contributed by atoms with Crippen LogP contribution < -0.4 is 9.46 Å². The number of nitrogens with zero attached hydrogens (tertiary/aromatic N) is 3. The van der Waals surface area contributed by atoms with Gasteiger partial charge in [0, 0.05) is 17.2 Å². The SMILES string of the molecule is Cc1cccc(C)c1-c1cc2nc(n1)NS(=O)(=O)c1cccc(c1)C(=O)N1C[C@H](O2)c2ccccc2[C@@H]1CC(C)C. The Hall–Kier alpha value is -4.24. The highest BCUT2D eigenvalue weighted by Crippen LogP contribution is 2.41. The number of rotatable bonds is 3. The van der Waals surface area contributed by atoms with Gasteiger partial charge < -0.3 is 9.64 Å². The van der Waals surface area contributed by atoms with Crippen molar-refractivity contribution in [1.29, 1.82) is 0 Å². The van der Waals surface area contributed by atoms with E-state index >= 15 is 0 Å². The molecule has 0 aliphatic carbocycles. The summed E-state index contributed by atoms with van der Waals surface area (Å²) in [5.74, 6) is 0.192. The lowest BCUT2D eigenvalue weighted by atomic mass is 9.86. The van der Waals surface area contributed by atoms with Crippen molar-refractivity contribution in [3.8, 4) is 17.1 Å². The fourth-order valence-electron chi connectivity index (χ4n) is 5.87. The zero-order chi connectivity index (χ0) is 28.9. The second-order valence-electron chi connectivity index (χ2n) is 11.2. The minimum absolute atomic E-state index is 0.0412. The molecule has 3 heterocycles. The lowest BCUT2D eigenvalue weighted by Crippen LogP contribution is -2.44. The van der Waals surface area contributed by atoms with Crippen LogP contribution in [0.3, 0.4) is 0 Å². The Morgan fingerprint density at radius 2 is 1.66 bits per heavy atom. The van der Waals surface area contributed by atoms with E-state index in [1.54, 1.807) is 18.2 Å². The zero-order valence-corrected chi connectivity index (χ0v) is 24.3. The van der Waals surface area contributed by atoms with Crippen molar-refractivity contribution in [2.24, 2.45) is 5.92 Å². The average Bonchev–Trinajstić information content (AvgIpc) is 2.93. The molecule has 0 radical (unpaired) electrons. The minimum Gasteiger partial charge on any atom is -0.467 e. The number of carbonyl (C=O) groups excluding carboxylic acids is 1. The lowest BCUT2D eigenvalue weighted by molar-refractivity contribution is 0.0440. The molecular formula is C32H32N4O4S. The molecule has 2 aliphatic rings. The molecule has 2 aliphatic heterocycles. The number of carbonyl (C=O) groups is 1. The van der Waals surface area contributed by atoms with Crippen LogP contribution in [0.2, 0.25) is 0 Å². The molecule has 0 spiro atoms. The number of amides is 1. The van der Waals surface area contributed by atoms with Gasteiger partial charge in [0.15, 0.2) is 0 Å². The minimum atomic E-state index is -4.11. The van der Waals surface area contributed by atoms with Gasteiger partial charge in [-0.3, -0.25) is 4.79 Å². The summed E-state index contributed by atoms with van der Waals surface area (Å²) in [6.07, 6.45) is 0.233. The monoisotopic (exact) mass is 568 g/mol. The first kappa shape index (κ1) is 27.0. The molecule has 6 bridgehead atoms. The first-order chi connectivity index (χ1) is 19.6. The summed E-state index contributed by atoms with van der Waals surface area (Å²) in [6, 6.07) is 21.6. The average molecular weight is 569 g/mol. The third kappa shape index (κ3) is 5.06. The van der Waals surface area contributed by atoms with Crippen LogP contribution in [0.5, 0.6) is 5.88 Å². The van der Waals surface area contributed by atoms with Gasteiger partial charge in [-0.25, -0.2) is 18.1 Å². The normalized spacial score (nSPS) is 19.2. The molecule has 3 aromatic carbocycles. The van der Waals surface area contributed by atoms with E-state index in [1.165, 1.54) is 12.1 Å². The van der Waals surface area contributed by atoms with Gasteiger partial charge in [-0.2, -0.15) is 4.98 Å². The number of hydrogen-bond donors (Lipinski definition) is 1. The Bertz CT molecular complexity index is 1750. The van der Waals surface area contributed by atoms with Crippen molar-refractivity contribution in [1.82, 2.24) is 14.9 Å². The summed E-state index contributed by atoms with van der Waals surface area (Å²) >= 11 is 0. The van der Waals surface area contributed by atoms with Gasteiger partial charge in [-0.1, -0.05) is 62.4 Å². The highest BCUT2D eigenvalue weighted by atomic mass is 32.2. The van der Waals surface area contributed by atoms with Gasteiger partial charge in [0.05, 0.1) is 23.2 Å². The van der Waals surface area contributed by atoms with Crippen LogP contribution in [-0.4, -0.2) is 35.7 Å². The molecule has 0 unspecified atom stereocenters. The Morgan fingerprint density at radius 1 is 0.951 bits per heavy atom. The number of sulfonamides is 1. The fraction of sp³-hybridized carbons (Fsp3) is 0.281. The lowest BCUT2D eigenvalue weighted by Gasteiger charge is -2.41. The largest absolute Gasteiger partial charge is 0.467 e. The third-order valence-electron chi connectivity index (χ3n) is 7.72. The summed E-state index contributed by atoms with van der Waals surface area (Å²) in [4.78, 5) is 24.9. The maximum Gasteiger partial charge on any atom is 0.264 e. The van der Waals surface area contributed by atoms with Crippen LogP contribution in [0.1, 0.15) is 65.0 Å². The number of nitrogens with one attached hydrogen (secondary N) is 1. The van der Waals surface area contributed by atoms with Crippen LogP contribution >= 0.6 is 0 Å². The van der Waals surface area contributed by atoms with Gasteiger partial charge in [-0.15, -0.1) is 0 Å². The molecule has 8 nitrogen and oxygen atoms in total. The van der Waals surface area contributed by atoms with E-state index in [2.05, 4.69) is 28.5 Å². The van der Waals surface area contributed by atoms with E-state index in [0.717, 1.165) is 34.2 Å². The van der Waals surface area contributed by atoms with Gasteiger partial charge in [0.1, 0.15) is 6.10 Å². The molecule has 1 N–H and O–H groups in total. The van der Waals surface area contributed by atoms with Crippen molar-refractivity contribution in [2.75, 3.05) is 11.3 Å². The van der Waals surface area contributed by atoms with E-state index in [4.69, 9.17) is 4.74 Å². The molecule has 1 amide bonds. The summed E-state index contributed by atoms with van der Waals surface area (Å²) < 4.78 is 36.1. The Balaban J connectivity index is 1.59. The molecule has 41 heavy (non-hydrogen) atoms. The highest BCUT2D eigenvalue weighted by molar-refractivity contribution is 7.92. The molecule has 1 aromatic heterocycles. The number of aryl methyl sites for hydroxylation is 2. The molecule has 0 fully saturated rings. The number of benzene rings is 3. The van der Waals surface area contributed by atoms with Crippen LogP contribution in [0, 0.1) is 19.8 Å². The second-order valence-corrected chi connectivity index (χ2v) is 12.8. The standard InChI is InChI=1S/C32H32N4O4S/c1-19(2)15-27-24-13-5-6-14-25(24)28-18-36(27)31(37)22-11-8-12-23(16-22)41(38,39)35-32-33-26(17-29(34-32)40-28)30-20(3)9-7-10-21(30)4/h5-14,16-17,19,27-28H,15,18H2,1-4H3,(H,33,34,35)/t27-,28-/m0/s1. The van der Waals surface area contributed by atoms with Crippen LogP contribution in [0.25, 0.3) is 11.3 Å². The molecule has 9 heteroatoms. The smallest absolute Gasteiger partial charge is 0.264 e. The number of fused-ring (bicyclic) bond motifs is 8. The zero-order valence-electron chi connectivity index (χ0n) is 23.5. The van der Waals surface area contributed by atoms with E-state index < -0.39 is 16.1 Å². The molecule has 4 aromatic rings. The number of ether oxygens (including phenoxy) is 1. The molecular weight excluding hydrogens is 536 g/mol. The van der Waals surface area contributed by atoms with E-state index in [-0.39, 0.29) is 35.2 Å². The van der Waals surface area contributed by atoms with Gasteiger partial charge >= 0.3 is 0 Å². The maximum atomic E-state index is 14.1. The van der Waals surface area contributed by atoms with E-state index in [0.29, 0.717) is 17.2 Å². The summed E-state index contributed by atoms with van der Waals surface area (Å²) in [7, 11) is -4.11. The second kappa shape index (κ2) is 10.3. The first-order valence-electron chi connectivity index (χ1n) is 13.8. The molecule has 6 rings (SSSR count). The van der Waals surface area contributed by atoms with Crippen molar-refractivity contribution in [2.45, 2.75) is 51.2 Å². The van der Waals surface area contributed by atoms with Crippen LogP contribution in [0.15, 0.2) is 77.7 Å². The fourth-order valence-corrected chi connectivity index (χ4v) is 6.86. The Kier molecular flexibility index (Phi) is 6.77. The molecule has 0 saturated carbocycles.